The fraction of sp³-hybridized carbons (Fsp3) is 0.500. The van der Waals surface area contributed by atoms with Gasteiger partial charge in [-0.05, 0) is 48.9 Å². The van der Waals surface area contributed by atoms with Crippen LogP contribution in [0.15, 0.2) is 47.3 Å². The largest absolute Gasteiger partial charge is 0.497 e. The van der Waals surface area contributed by atoms with Crippen molar-refractivity contribution >= 4 is 5.91 Å². The van der Waals surface area contributed by atoms with Gasteiger partial charge in [0.05, 0.1) is 7.11 Å². The monoisotopic (exact) mass is 394 g/mol. The molecule has 2 aliphatic rings. The van der Waals surface area contributed by atoms with Gasteiger partial charge in [0.2, 0.25) is 5.91 Å². The van der Waals surface area contributed by atoms with E-state index in [-0.39, 0.29) is 23.4 Å². The Morgan fingerprint density at radius 1 is 1.17 bits per heavy atom. The number of carbonyl (C=O) groups excluding carboxylic acids is 1. The minimum atomic E-state index is 0.105. The van der Waals surface area contributed by atoms with Crippen molar-refractivity contribution in [3.05, 3.63) is 64.1 Å². The molecule has 0 unspecified atom stereocenters. The summed E-state index contributed by atoms with van der Waals surface area (Å²) in [5.74, 6) is 1.66. The Morgan fingerprint density at radius 3 is 2.79 bits per heavy atom. The van der Waals surface area contributed by atoms with Crippen LogP contribution >= 0.6 is 0 Å². The zero-order valence-corrected chi connectivity index (χ0v) is 17.3. The van der Waals surface area contributed by atoms with Gasteiger partial charge in [0.1, 0.15) is 5.75 Å². The Kier molecular flexibility index (Phi) is 5.74. The van der Waals surface area contributed by atoms with E-state index in [2.05, 4.69) is 13.0 Å². The number of hydrogen-bond donors (Lipinski definition) is 0. The van der Waals surface area contributed by atoms with Crippen LogP contribution in [-0.4, -0.2) is 35.6 Å². The maximum absolute atomic E-state index is 13.0. The number of methoxy groups -OCH3 is 1. The molecule has 1 fully saturated rings. The number of aromatic nitrogens is 1. The normalized spacial score (nSPS) is 22.8. The molecule has 154 valence electrons. The van der Waals surface area contributed by atoms with Crippen molar-refractivity contribution in [3.8, 4) is 5.75 Å². The van der Waals surface area contributed by atoms with Crippen molar-refractivity contribution in [2.45, 2.75) is 51.0 Å². The minimum absolute atomic E-state index is 0.105. The van der Waals surface area contributed by atoms with Gasteiger partial charge in [0, 0.05) is 43.2 Å². The molecule has 1 amide bonds. The van der Waals surface area contributed by atoms with Crippen LogP contribution in [0.2, 0.25) is 0 Å². The summed E-state index contributed by atoms with van der Waals surface area (Å²) in [6.45, 7) is 3.65. The number of nitrogens with zero attached hydrogens (tertiary/aromatic N) is 2. The predicted octanol–water partition coefficient (Wildman–Crippen LogP) is 3.78. The second kappa shape index (κ2) is 8.44. The highest BCUT2D eigenvalue weighted by molar-refractivity contribution is 5.76. The second-order valence-corrected chi connectivity index (χ2v) is 8.36. The smallest absolute Gasteiger partial charge is 0.250 e. The molecule has 1 aromatic carbocycles. The molecule has 2 aromatic rings. The van der Waals surface area contributed by atoms with E-state index in [1.54, 1.807) is 13.2 Å². The molecule has 0 spiro atoms. The molecule has 4 rings (SSSR count). The Labute approximate surface area is 172 Å². The fourth-order valence-electron chi connectivity index (χ4n) is 5.15. The van der Waals surface area contributed by atoms with Crippen molar-refractivity contribution in [2.24, 2.45) is 5.92 Å². The van der Waals surface area contributed by atoms with Crippen LogP contribution in [0.1, 0.15) is 55.8 Å². The number of carbonyl (C=O) groups is 1. The fourth-order valence-corrected chi connectivity index (χ4v) is 5.15. The van der Waals surface area contributed by atoms with Crippen LogP contribution in [0.25, 0.3) is 0 Å². The summed E-state index contributed by atoms with van der Waals surface area (Å²) in [5.41, 5.74) is 2.33. The molecule has 5 nitrogen and oxygen atoms in total. The Hall–Kier alpha value is -2.56. The van der Waals surface area contributed by atoms with E-state index in [0.717, 1.165) is 55.8 Å². The van der Waals surface area contributed by atoms with Crippen molar-refractivity contribution in [2.75, 3.05) is 20.2 Å². The van der Waals surface area contributed by atoms with Crippen molar-refractivity contribution in [1.29, 1.82) is 0 Å². The van der Waals surface area contributed by atoms with Crippen LogP contribution in [-0.2, 0) is 11.2 Å². The average Bonchev–Trinajstić information content (AvgIpc) is 2.75. The number of fused-ring (bicyclic) bond motifs is 4. The molecule has 5 heteroatoms. The first-order chi connectivity index (χ1) is 14.1. The highest BCUT2D eigenvalue weighted by Gasteiger charge is 2.41. The molecule has 0 radical (unpaired) electrons. The standard InChI is InChI=1S/C24H30N2O3/c1-3-6-21-18-14-19(22-9-5-10-24(28)26(21)22)16-25(15-18)23(27)12-11-17-7-4-8-20(13-17)29-2/h4-5,7-10,13,18-19,21H,3,6,11-12,14-16H2,1-2H3/t18-,19+,21-/m0/s1. The zero-order chi connectivity index (χ0) is 20.4. The molecule has 0 saturated carbocycles. The van der Waals surface area contributed by atoms with Crippen LogP contribution in [0, 0.1) is 5.92 Å². The van der Waals surface area contributed by atoms with E-state index in [0.29, 0.717) is 12.3 Å². The summed E-state index contributed by atoms with van der Waals surface area (Å²) in [5, 5.41) is 0. The first-order valence-electron chi connectivity index (χ1n) is 10.7. The van der Waals surface area contributed by atoms with Gasteiger partial charge in [-0.3, -0.25) is 9.59 Å². The predicted molar refractivity (Wildman–Crippen MR) is 113 cm³/mol. The summed E-state index contributed by atoms with van der Waals surface area (Å²) >= 11 is 0. The Balaban J connectivity index is 1.50. The summed E-state index contributed by atoms with van der Waals surface area (Å²) < 4.78 is 7.31. The number of pyridine rings is 1. The Morgan fingerprint density at radius 2 is 2.00 bits per heavy atom. The van der Waals surface area contributed by atoms with Crippen LogP contribution < -0.4 is 10.3 Å². The van der Waals surface area contributed by atoms with E-state index >= 15 is 0 Å². The van der Waals surface area contributed by atoms with Crippen molar-refractivity contribution in [1.82, 2.24) is 9.47 Å². The van der Waals surface area contributed by atoms with Gasteiger partial charge in [-0.1, -0.05) is 31.5 Å². The topological polar surface area (TPSA) is 51.5 Å². The molecule has 2 aliphatic heterocycles. The molecule has 0 N–H and O–H groups in total. The summed E-state index contributed by atoms with van der Waals surface area (Å²) in [6.07, 6.45) is 4.33. The van der Waals surface area contributed by atoms with Crippen LogP contribution in [0.5, 0.6) is 5.75 Å². The number of benzene rings is 1. The first kappa shape index (κ1) is 19.7. The first-order valence-corrected chi connectivity index (χ1v) is 10.7. The van der Waals surface area contributed by atoms with Crippen LogP contribution in [0.3, 0.4) is 0 Å². The molecule has 1 aromatic heterocycles. The molecule has 29 heavy (non-hydrogen) atoms. The average molecular weight is 395 g/mol. The molecule has 3 heterocycles. The van der Waals surface area contributed by atoms with Gasteiger partial charge < -0.3 is 14.2 Å². The molecular weight excluding hydrogens is 364 g/mol. The lowest BCUT2D eigenvalue weighted by atomic mass is 9.77. The second-order valence-electron chi connectivity index (χ2n) is 8.36. The molecule has 1 saturated heterocycles. The van der Waals surface area contributed by atoms with Gasteiger partial charge in [-0.25, -0.2) is 0 Å². The lowest BCUT2D eigenvalue weighted by molar-refractivity contribution is -0.134. The number of likely N-dealkylation sites (tertiary alicyclic amines) is 1. The Bertz CT molecular complexity index is 936. The van der Waals surface area contributed by atoms with E-state index in [4.69, 9.17) is 4.74 Å². The summed E-state index contributed by atoms with van der Waals surface area (Å²) in [7, 11) is 1.66. The third kappa shape index (κ3) is 3.96. The lowest BCUT2D eigenvalue weighted by Crippen LogP contribution is -2.51. The van der Waals surface area contributed by atoms with Crippen molar-refractivity contribution in [3.63, 3.8) is 0 Å². The molecular formula is C24H30N2O3. The van der Waals surface area contributed by atoms with Gasteiger partial charge in [0.25, 0.3) is 5.56 Å². The van der Waals surface area contributed by atoms with Gasteiger partial charge >= 0.3 is 0 Å². The lowest BCUT2D eigenvalue weighted by Gasteiger charge is -2.47. The number of ether oxygens (including phenoxy) is 1. The van der Waals surface area contributed by atoms with E-state index in [1.807, 2.05) is 39.8 Å². The van der Waals surface area contributed by atoms with Gasteiger partial charge in [0.15, 0.2) is 0 Å². The molecule has 2 bridgehead atoms. The molecule has 3 atom stereocenters. The van der Waals surface area contributed by atoms with Gasteiger partial charge in [-0.15, -0.1) is 0 Å². The molecule has 0 aliphatic carbocycles. The van der Waals surface area contributed by atoms with E-state index in [9.17, 15) is 9.59 Å². The number of piperidine rings is 1. The summed E-state index contributed by atoms with van der Waals surface area (Å²) in [4.78, 5) is 27.7. The number of hydrogen-bond acceptors (Lipinski definition) is 3. The van der Waals surface area contributed by atoms with Crippen LogP contribution in [0.4, 0.5) is 0 Å². The van der Waals surface area contributed by atoms with E-state index in [1.165, 1.54) is 0 Å². The maximum Gasteiger partial charge on any atom is 0.250 e. The summed E-state index contributed by atoms with van der Waals surface area (Å²) in [6, 6.07) is 13.7. The maximum atomic E-state index is 13.0. The highest BCUT2D eigenvalue weighted by Crippen LogP contribution is 2.42. The van der Waals surface area contributed by atoms with Gasteiger partial charge in [-0.2, -0.15) is 0 Å². The number of rotatable bonds is 6. The number of aryl methyl sites for hydroxylation is 1. The zero-order valence-electron chi connectivity index (χ0n) is 17.3. The third-order valence-corrected chi connectivity index (χ3v) is 6.50. The minimum Gasteiger partial charge on any atom is -0.497 e. The number of amides is 1. The van der Waals surface area contributed by atoms with Crippen molar-refractivity contribution < 1.29 is 9.53 Å². The SMILES string of the molecule is CCC[C@H]1[C@H]2C[C@H](CN(C(=O)CCc3cccc(OC)c3)C2)c2cccc(=O)n21. The third-order valence-electron chi connectivity index (χ3n) is 6.50. The van der Waals surface area contributed by atoms with E-state index < -0.39 is 0 Å². The quantitative estimate of drug-likeness (QED) is 0.749. The highest BCUT2D eigenvalue weighted by atomic mass is 16.5.